The lowest BCUT2D eigenvalue weighted by Crippen LogP contribution is -2.38. The third kappa shape index (κ3) is 1.33. The van der Waals surface area contributed by atoms with Crippen molar-refractivity contribution in [3.63, 3.8) is 0 Å². The fourth-order valence-electron chi connectivity index (χ4n) is 1.45. The van der Waals surface area contributed by atoms with Gasteiger partial charge >= 0.3 is 0 Å². The molecular weight excluding hydrogens is 178 g/mol. The van der Waals surface area contributed by atoms with E-state index in [-0.39, 0.29) is 6.04 Å². The van der Waals surface area contributed by atoms with Gasteiger partial charge in [0.05, 0.1) is 11.7 Å². The van der Waals surface area contributed by atoms with Crippen LogP contribution >= 0.6 is 0 Å². The van der Waals surface area contributed by atoms with Crippen LogP contribution in [0.15, 0.2) is 18.2 Å². The highest BCUT2D eigenvalue weighted by molar-refractivity contribution is 5.64. The topological polar surface area (TPSA) is 71.1 Å². The number of nitrogens with two attached hydrogens (primary N) is 1. The van der Waals surface area contributed by atoms with Gasteiger partial charge in [0.1, 0.15) is 11.8 Å². The number of hydrogen-bond donors (Lipinski definition) is 2. The minimum absolute atomic E-state index is 0.00359. The zero-order valence-electron chi connectivity index (χ0n) is 7.82. The van der Waals surface area contributed by atoms with Crippen LogP contribution in [0.2, 0.25) is 0 Å². The molecule has 2 unspecified atom stereocenters. The van der Waals surface area contributed by atoms with E-state index in [0.29, 0.717) is 11.4 Å². The van der Waals surface area contributed by atoms with Crippen LogP contribution in [-0.4, -0.2) is 12.1 Å². The van der Waals surface area contributed by atoms with Gasteiger partial charge in [0.2, 0.25) is 6.10 Å². The summed E-state index contributed by atoms with van der Waals surface area (Å²) in [7, 11) is 0. The van der Waals surface area contributed by atoms with Gasteiger partial charge in [0, 0.05) is 11.8 Å². The fraction of sp³-hybridized carbons (Fsp3) is 0.300. The second kappa shape index (κ2) is 3.11. The minimum atomic E-state index is -0.454. The molecule has 0 fully saturated rings. The first-order valence-electron chi connectivity index (χ1n) is 4.43. The van der Waals surface area contributed by atoms with E-state index in [9.17, 15) is 0 Å². The zero-order chi connectivity index (χ0) is 10.1. The van der Waals surface area contributed by atoms with Crippen LogP contribution < -0.4 is 15.8 Å². The van der Waals surface area contributed by atoms with Crippen LogP contribution in [0.1, 0.15) is 6.92 Å². The van der Waals surface area contributed by atoms with E-state index >= 15 is 0 Å². The summed E-state index contributed by atoms with van der Waals surface area (Å²) in [6.07, 6.45) is -0.454. The van der Waals surface area contributed by atoms with E-state index in [2.05, 4.69) is 11.4 Å². The molecule has 1 aromatic carbocycles. The maximum atomic E-state index is 8.81. The Morgan fingerprint density at radius 2 is 2.36 bits per heavy atom. The third-order valence-corrected chi connectivity index (χ3v) is 2.22. The molecule has 3 N–H and O–H groups in total. The number of anilines is 2. The van der Waals surface area contributed by atoms with Crippen molar-refractivity contribution < 1.29 is 4.74 Å². The van der Waals surface area contributed by atoms with E-state index < -0.39 is 6.10 Å². The van der Waals surface area contributed by atoms with E-state index in [1.165, 1.54) is 0 Å². The maximum absolute atomic E-state index is 8.81. The van der Waals surface area contributed by atoms with E-state index in [1.54, 1.807) is 12.1 Å². The van der Waals surface area contributed by atoms with Crippen LogP contribution in [0, 0.1) is 11.3 Å². The average molecular weight is 189 g/mol. The molecule has 0 amide bonds. The average Bonchev–Trinajstić information content (AvgIpc) is 2.17. The van der Waals surface area contributed by atoms with Crippen molar-refractivity contribution >= 4 is 11.4 Å². The largest absolute Gasteiger partial charge is 0.471 e. The molecule has 0 spiro atoms. The van der Waals surface area contributed by atoms with Crippen molar-refractivity contribution in [1.82, 2.24) is 0 Å². The molecule has 0 aromatic heterocycles. The number of ether oxygens (including phenoxy) is 1. The summed E-state index contributed by atoms with van der Waals surface area (Å²) in [5, 5.41) is 12.0. The predicted octanol–water partition coefficient (Wildman–Crippen LogP) is 1.35. The first-order chi connectivity index (χ1) is 6.70. The van der Waals surface area contributed by atoms with Gasteiger partial charge < -0.3 is 15.8 Å². The first-order valence-corrected chi connectivity index (χ1v) is 4.43. The molecule has 2 atom stereocenters. The summed E-state index contributed by atoms with van der Waals surface area (Å²) < 4.78 is 5.47. The number of nitrogens with one attached hydrogen (secondary N) is 1. The minimum Gasteiger partial charge on any atom is -0.471 e. The standard InChI is InChI=1S/C10H11N3O/c1-6-10(5-11)14-9-4-7(12)2-3-8(9)13-6/h2-4,6,10,13H,12H2,1H3. The first kappa shape index (κ1) is 8.70. The Balaban J connectivity index is 2.37. The molecule has 2 rings (SSSR count). The smallest absolute Gasteiger partial charge is 0.204 e. The third-order valence-electron chi connectivity index (χ3n) is 2.22. The molecule has 14 heavy (non-hydrogen) atoms. The van der Waals surface area contributed by atoms with Gasteiger partial charge in [-0.2, -0.15) is 5.26 Å². The molecule has 0 saturated heterocycles. The molecular formula is C10H11N3O. The zero-order valence-corrected chi connectivity index (χ0v) is 7.82. The Morgan fingerprint density at radius 1 is 1.57 bits per heavy atom. The molecule has 0 aliphatic carbocycles. The summed E-state index contributed by atoms with van der Waals surface area (Å²) in [6, 6.07) is 7.46. The summed E-state index contributed by atoms with van der Waals surface area (Å²) in [6.45, 7) is 1.91. The second-order valence-electron chi connectivity index (χ2n) is 3.36. The monoisotopic (exact) mass is 189 g/mol. The number of benzene rings is 1. The number of nitriles is 1. The quantitative estimate of drug-likeness (QED) is 0.604. The van der Waals surface area contributed by atoms with Gasteiger partial charge in [-0.25, -0.2) is 0 Å². The van der Waals surface area contributed by atoms with Crippen LogP contribution in [0.5, 0.6) is 5.75 Å². The highest BCUT2D eigenvalue weighted by atomic mass is 16.5. The van der Waals surface area contributed by atoms with Gasteiger partial charge in [-0.1, -0.05) is 0 Å². The lowest BCUT2D eigenvalue weighted by Gasteiger charge is -2.28. The molecule has 0 radical (unpaired) electrons. The van der Waals surface area contributed by atoms with Crippen LogP contribution in [0.4, 0.5) is 11.4 Å². The Labute approximate surface area is 82.3 Å². The molecule has 4 heteroatoms. The lowest BCUT2D eigenvalue weighted by atomic mass is 10.1. The molecule has 1 aliphatic rings. The second-order valence-corrected chi connectivity index (χ2v) is 3.36. The van der Waals surface area contributed by atoms with Gasteiger partial charge in [-0.15, -0.1) is 0 Å². The van der Waals surface area contributed by atoms with E-state index in [4.69, 9.17) is 15.7 Å². The molecule has 72 valence electrons. The summed E-state index contributed by atoms with van der Waals surface area (Å²) in [4.78, 5) is 0. The van der Waals surface area contributed by atoms with Gasteiger partial charge in [-0.05, 0) is 19.1 Å². The molecule has 4 nitrogen and oxygen atoms in total. The summed E-state index contributed by atoms with van der Waals surface area (Å²) >= 11 is 0. The van der Waals surface area contributed by atoms with Crippen molar-refractivity contribution in [3.8, 4) is 11.8 Å². The van der Waals surface area contributed by atoms with E-state index in [1.807, 2.05) is 13.0 Å². The number of rotatable bonds is 0. The van der Waals surface area contributed by atoms with Gasteiger partial charge in [-0.3, -0.25) is 0 Å². The Kier molecular flexibility index (Phi) is 1.93. The Bertz CT molecular complexity index is 397. The summed E-state index contributed by atoms with van der Waals surface area (Å²) in [5.74, 6) is 0.648. The highest BCUT2D eigenvalue weighted by Crippen LogP contribution is 2.32. The predicted molar refractivity (Wildman–Crippen MR) is 54.0 cm³/mol. The lowest BCUT2D eigenvalue weighted by molar-refractivity contribution is 0.227. The number of nitrogen functional groups attached to an aromatic ring is 1. The summed E-state index contributed by atoms with van der Waals surface area (Å²) in [5.41, 5.74) is 7.14. The van der Waals surface area contributed by atoms with Crippen LogP contribution in [-0.2, 0) is 0 Å². The van der Waals surface area contributed by atoms with Crippen molar-refractivity contribution in [2.45, 2.75) is 19.1 Å². The molecule has 1 heterocycles. The molecule has 0 saturated carbocycles. The van der Waals surface area contributed by atoms with Crippen LogP contribution in [0.25, 0.3) is 0 Å². The van der Waals surface area contributed by atoms with E-state index in [0.717, 1.165) is 5.69 Å². The maximum Gasteiger partial charge on any atom is 0.204 e. The Hall–Kier alpha value is -1.89. The van der Waals surface area contributed by atoms with Gasteiger partial charge in [0.25, 0.3) is 0 Å². The highest BCUT2D eigenvalue weighted by Gasteiger charge is 2.25. The van der Waals surface area contributed by atoms with Crippen molar-refractivity contribution in [2.75, 3.05) is 11.1 Å². The molecule has 1 aliphatic heterocycles. The normalized spacial score (nSPS) is 24.0. The number of hydrogen-bond acceptors (Lipinski definition) is 4. The molecule has 0 bridgehead atoms. The van der Waals surface area contributed by atoms with Crippen molar-refractivity contribution in [3.05, 3.63) is 18.2 Å². The van der Waals surface area contributed by atoms with Crippen molar-refractivity contribution in [1.29, 1.82) is 5.26 Å². The SMILES string of the molecule is CC1Nc2ccc(N)cc2OC1C#N. The van der Waals surface area contributed by atoms with Crippen LogP contribution in [0.3, 0.4) is 0 Å². The fourth-order valence-corrected chi connectivity index (χ4v) is 1.45. The number of fused-ring (bicyclic) bond motifs is 1. The Morgan fingerprint density at radius 3 is 3.07 bits per heavy atom. The van der Waals surface area contributed by atoms with Crippen molar-refractivity contribution in [2.24, 2.45) is 0 Å². The van der Waals surface area contributed by atoms with Gasteiger partial charge in [0.15, 0.2) is 0 Å². The number of nitrogens with zero attached hydrogens (tertiary/aromatic N) is 1. The molecule has 1 aromatic rings.